The normalized spacial score (nSPS) is 15.1. The molecule has 1 atom stereocenters. The molecule has 1 unspecified atom stereocenters. The lowest BCUT2D eigenvalue weighted by Gasteiger charge is -2.25. The number of ether oxygens (including phenoxy) is 2. The molecule has 1 aromatic heterocycles. The molecule has 40 heavy (non-hydrogen) atoms. The number of thiazole rings is 1. The molecule has 7 heteroatoms. The number of allylic oxidation sites excluding steroid dienone is 1. The van der Waals surface area contributed by atoms with Gasteiger partial charge in [0, 0.05) is 5.56 Å². The van der Waals surface area contributed by atoms with Gasteiger partial charge in [-0.05, 0) is 48.6 Å². The van der Waals surface area contributed by atoms with Crippen LogP contribution in [0.25, 0.3) is 6.08 Å². The number of fused-ring (bicyclic) bond motifs is 1. The van der Waals surface area contributed by atoms with Crippen molar-refractivity contribution in [2.75, 3.05) is 6.61 Å². The second kappa shape index (κ2) is 11.9. The third-order valence-corrected chi connectivity index (χ3v) is 7.86. The highest BCUT2D eigenvalue weighted by Crippen LogP contribution is 2.31. The van der Waals surface area contributed by atoms with Gasteiger partial charge in [-0.25, -0.2) is 9.79 Å². The smallest absolute Gasteiger partial charge is 0.338 e. The van der Waals surface area contributed by atoms with E-state index in [2.05, 4.69) is 18.8 Å². The Morgan fingerprint density at radius 3 is 2.42 bits per heavy atom. The zero-order valence-corrected chi connectivity index (χ0v) is 23.9. The minimum absolute atomic E-state index is 0.214. The van der Waals surface area contributed by atoms with Crippen molar-refractivity contribution in [2.45, 2.75) is 46.3 Å². The molecule has 4 aromatic rings. The topological polar surface area (TPSA) is 69.9 Å². The average molecular weight is 553 g/mol. The van der Waals surface area contributed by atoms with E-state index in [-0.39, 0.29) is 12.2 Å². The third kappa shape index (κ3) is 5.56. The van der Waals surface area contributed by atoms with Crippen LogP contribution in [0.2, 0.25) is 0 Å². The highest BCUT2D eigenvalue weighted by molar-refractivity contribution is 7.07. The molecular weight excluding hydrogens is 520 g/mol. The first kappa shape index (κ1) is 27.3. The summed E-state index contributed by atoms with van der Waals surface area (Å²) in [6.45, 7) is 8.49. The van der Waals surface area contributed by atoms with Crippen LogP contribution >= 0.6 is 11.3 Å². The summed E-state index contributed by atoms with van der Waals surface area (Å²) in [5.41, 5.74) is 4.59. The first-order valence-corrected chi connectivity index (χ1v) is 14.2. The molecule has 0 fully saturated rings. The standard InChI is InChI=1S/C33H32N2O4S/c1-5-38-32(37)29-22(4)34-33-35(30(29)25-17-15-24(16-18-25)21(2)3)31(36)28(40-33)19-26-13-9-10-14-27(26)39-20-23-11-7-6-8-12-23/h6-19,21,30H,5,20H2,1-4H3. The fourth-order valence-corrected chi connectivity index (χ4v) is 5.82. The van der Waals surface area contributed by atoms with Crippen LogP contribution < -0.4 is 19.6 Å². The number of carbonyl (C=O) groups is 1. The maximum Gasteiger partial charge on any atom is 0.338 e. The number of para-hydroxylation sites is 1. The van der Waals surface area contributed by atoms with Gasteiger partial charge >= 0.3 is 5.97 Å². The van der Waals surface area contributed by atoms with Crippen molar-refractivity contribution >= 4 is 23.4 Å². The van der Waals surface area contributed by atoms with E-state index in [0.717, 1.165) is 16.7 Å². The summed E-state index contributed by atoms with van der Waals surface area (Å²) in [6.07, 6.45) is 1.84. The minimum atomic E-state index is -0.636. The van der Waals surface area contributed by atoms with Crippen LogP contribution in [-0.4, -0.2) is 17.1 Å². The van der Waals surface area contributed by atoms with E-state index >= 15 is 0 Å². The van der Waals surface area contributed by atoms with Crippen LogP contribution in [0.3, 0.4) is 0 Å². The van der Waals surface area contributed by atoms with Crippen molar-refractivity contribution in [3.8, 4) is 5.75 Å². The fourth-order valence-electron chi connectivity index (χ4n) is 4.78. The second-order valence-corrected chi connectivity index (χ2v) is 10.9. The minimum Gasteiger partial charge on any atom is -0.488 e. The maximum absolute atomic E-state index is 14.0. The number of rotatable bonds is 8. The van der Waals surface area contributed by atoms with E-state index in [1.54, 1.807) is 18.4 Å². The molecule has 0 amide bonds. The number of benzene rings is 3. The average Bonchev–Trinajstić information content (AvgIpc) is 3.26. The van der Waals surface area contributed by atoms with E-state index in [9.17, 15) is 9.59 Å². The molecule has 0 radical (unpaired) electrons. The number of hydrogen-bond donors (Lipinski definition) is 0. The van der Waals surface area contributed by atoms with Crippen LogP contribution in [-0.2, 0) is 16.1 Å². The van der Waals surface area contributed by atoms with E-state index in [1.165, 1.54) is 16.9 Å². The molecule has 204 valence electrons. The van der Waals surface area contributed by atoms with E-state index < -0.39 is 12.0 Å². The predicted molar refractivity (Wildman–Crippen MR) is 158 cm³/mol. The maximum atomic E-state index is 14.0. The van der Waals surface area contributed by atoms with Gasteiger partial charge in [-0.15, -0.1) is 0 Å². The van der Waals surface area contributed by atoms with Crippen molar-refractivity contribution in [1.82, 2.24) is 4.57 Å². The highest BCUT2D eigenvalue weighted by atomic mass is 32.1. The number of hydrogen-bond acceptors (Lipinski definition) is 6. The van der Waals surface area contributed by atoms with Crippen molar-refractivity contribution < 1.29 is 14.3 Å². The summed E-state index contributed by atoms with van der Waals surface area (Å²) in [5.74, 6) is 0.582. The monoisotopic (exact) mass is 552 g/mol. The summed E-state index contributed by atoms with van der Waals surface area (Å²) < 4.78 is 13.7. The van der Waals surface area contributed by atoms with Gasteiger partial charge in [-0.3, -0.25) is 9.36 Å². The molecule has 0 aliphatic carbocycles. The Morgan fingerprint density at radius 2 is 1.73 bits per heavy atom. The van der Waals surface area contributed by atoms with E-state index in [1.807, 2.05) is 84.9 Å². The number of nitrogens with zero attached hydrogens (tertiary/aromatic N) is 2. The Hall–Kier alpha value is -4.23. The Bertz CT molecular complexity index is 1730. The highest BCUT2D eigenvalue weighted by Gasteiger charge is 2.33. The Labute approximate surface area is 237 Å². The molecule has 5 rings (SSSR count). The van der Waals surface area contributed by atoms with Gasteiger partial charge in [0.25, 0.3) is 5.56 Å². The summed E-state index contributed by atoms with van der Waals surface area (Å²) in [4.78, 5) is 32.3. The van der Waals surface area contributed by atoms with Gasteiger partial charge in [0.1, 0.15) is 12.4 Å². The molecule has 1 aliphatic rings. The van der Waals surface area contributed by atoms with Crippen molar-refractivity contribution in [3.63, 3.8) is 0 Å². The zero-order valence-electron chi connectivity index (χ0n) is 23.1. The molecule has 2 heterocycles. The van der Waals surface area contributed by atoms with E-state index in [0.29, 0.717) is 38.9 Å². The SMILES string of the molecule is CCOC(=O)C1=C(C)N=c2sc(=Cc3ccccc3OCc3ccccc3)c(=O)n2C1c1ccc(C(C)C)cc1. The molecule has 6 nitrogen and oxygen atoms in total. The van der Waals surface area contributed by atoms with Crippen LogP contribution in [0.4, 0.5) is 0 Å². The lowest BCUT2D eigenvalue weighted by atomic mass is 9.93. The third-order valence-electron chi connectivity index (χ3n) is 6.88. The lowest BCUT2D eigenvalue weighted by Crippen LogP contribution is -2.39. The summed E-state index contributed by atoms with van der Waals surface area (Å²) in [6, 6.07) is 25.0. The molecule has 0 saturated carbocycles. The van der Waals surface area contributed by atoms with E-state index in [4.69, 9.17) is 9.47 Å². The molecule has 0 bridgehead atoms. The quantitative estimate of drug-likeness (QED) is 0.271. The fraction of sp³-hybridized carbons (Fsp3) is 0.242. The first-order valence-electron chi connectivity index (χ1n) is 13.4. The predicted octanol–water partition coefficient (Wildman–Crippen LogP) is 5.50. The van der Waals surface area contributed by atoms with Crippen LogP contribution in [0.1, 0.15) is 61.9 Å². The zero-order chi connectivity index (χ0) is 28.2. The van der Waals surface area contributed by atoms with Gasteiger partial charge in [-0.2, -0.15) is 0 Å². The van der Waals surface area contributed by atoms with Crippen molar-refractivity contribution in [3.05, 3.63) is 132 Å². The van der Waals surface area contributed by atoms with Crippen LogP contribution in [0, 0.1) is 0 Å². The number of carbonyl (C=O) groups excluding carboxylic acids is 1. The van der Waals surface area contributed by atoms with Crippen LogP contribution in [0.5, 0.6) is 5.75 Å². The molecule has 0 spiro atoms. The molecule has 3 aromatic carbocycles. The van der Waals surface area contributed by atoms with Gasteiger partial charge in [0.2, 0.25) is 0 Å². The Kier molecular flexibility index (Phi) is 8.12. The number of esters is 1. The Balaban J connectivity index is 1.60. The van der Waals surface area contributed by atoms with Crippen molar-refractivity contribution in [2.24, 2.45) is 4.99 Å². The number of aromatic nitrogens is 1. The summed E-state index contributed by atoms with van der Waals surface area (Å²) >= 11 is 1.30. The van der Waals surface area contributed by atoms with Crippen LogP contribution in [0.15, 0.2) is 99.9 Å². The van der Waals surface area contributed by atoms with Gasteiger partial charge in [0.15, 0.2) is 4.80 Å². The second-order valence-electron chi connectivity index (χ2n) is 9.94. The first-order chi connectivity index (χ1) is 19.4. The molecule has 1 aliphatic heterocycles. The Morgan fingerprint density at radius 1 is 1.02 bits per heavy atom. The van der Waals surface area contributed by atoms with Crippen molar-refractivity contribution in [1.29, 1.82) is 0 Å². The molecule has 0 N–H and O–H groups in total. The van der Waals surface area contributed by atoms with Gasteiger partial charge in [-0.1, -0.05) is 98.0 Å². The van der Waals surface area contributed by atoms with Gasteiger partial charge < -0.3 is 9.47 Å². The lowest BCUT2D eigenvalue weighted by molar-refractivity contribution is -0.139. The summed E-state index contributed by atoms with van der Waals surface area (Å²) in [7, 11) is 0. The summed E-state index contributed by atoms with van der Waals surface area (Å²) in [5, 5.41) is 0. The molecular formula is C33H32N2O4S. The largest absolute Gasteiger partial charge is 0.488 e. The van der Waals surface area contributed by atoms with Gasteiger partial charge in [0.05, 0.1) is 28.5 Å². The molecule has 0 saturated heterocycles.